The van der Waals surface area contributed by atoms with Gasteiger partial charge in [0.2, 0.25) is 5.91 Å². The Morgan fingerprint density at radius 2 is 1.33 bits per heavy atom. The molecule has 3 saturated heterocycles. The van der Waals surface area contributed by atoms with Crippen LogP contribution in [0.25, 0.3) is 10.8 Å². The number of likely N-dealkylation sites (tertiary alicyclic amines) is 1. The molecule has 4 N–H and O–H groups in total. The number of hydrogen-bond donors (Lipinski definition) is 4. The number of nitrogens with zero attached hydrogens (tertiary/aromatic N) is 5. The number of carbonyl (C=O) groups is 3. The van der Waals surface area contributed by atoms with Crippen molar-refractivity contribution in [1.82, 2.24) is 30.0 Å². The van der Waals surface area contributed by atoms with Crippen LogP contribution in [0.4, 0.5) is 15.3 Å². The molecule has 4 aromatic carbocycles. The van der Waals surface area contributed by atoms with E-state index in [4.69, 9.17) is 13.9 Å². The second kappa shape index (κ2) is 21.9. The summed E-state index contributed by atoms with van der Waals surface area (Å²) in [4.78, 5) is 54.3. The molecule has 4 aliphatic rings. The van der Waals surface area contributed by atoms with Gasteiger partial charge in [0.25, 0.3) is 20.2 Å². The van der Waals surface area contributed by atoms with Gasteiger partial charge in [0.1, 0.15) is 15.8 Å². The van der Waals surface area contributed by atoms with Crippen LogP contribution in [0.3, 0.4) is 0 Å². The van der Waals surface area contributed by atoms with Gasteiger partial charge in [0, 0.05) is 80.8 Å². The Kier molecular flexibility index (Phi) is 16.2. The lowest BCUT2D eigenvalue weighted by Gasteiger charge is -2.42. The third-order valence-corrected chi connectivity index (χ3v) is 15.3. The monoisotopic (exact) mass is 961 g/mol. The minimum absolute atomic E-state index is 0.0233. The van der Waals surface area contributed by atoms with Crippen LogP contribution < -0.4 is 10.6 Å². The number of anilines is 1. The van der Waals surface area contributed by atoms with Crippen molar-refractivity contribution in [3.63, 3.8) is 0 Å². The topological polar surface area (TPSA) is 209 Å². The lowest BCUT2D eigenvalue weighted by Crippen LogP contribution is -2.58. The molecule has 1 unspecified atom stereocenters. The number of aryl methyl sites for hydroxylation is 2. The molecule has 362 valence electrons. The number of fused-ring (bicyclic) bond motifs is 2. The number of para-hydroxylation sites is 1. The molecule has 0 spiro atoms. The molecule has 0 radical (unpaired) electrons. The van der Waals surface area contributed by atoms with Gasteiger partial charge in [-0.2, -0.15) is 16.8 Å². The molecular formula is C48H63N7O10S2. The third-order valence-electron chi connectivity index (χ3n) is 13.5. The Balaban J connectivity index is 0.000000309. The minimum atomic E-state index is -4.47. The molecular weight excluding hydrogens is 899 g/mol. The number of piperidine rings is 2. The summed E-state index contributed by atoms with van der Waals surface area (Å²) in [6.45, 7) is 11.3. The van der Waals surface area contributed by atoms with E-state index in [1.54, 1.807) is 5.06 Å². The van der Waals surface area contributed by atoms with E-state index < -0.39 is 42.2 Å². The summed E-state index contributed by atoms with van der Waals surface area (Å²) >= 11 is 0. The molecule has 1 atom stereocenters. The minimum Gasteiger partial charge on any atom is -0.351 e. The summed E-state index contributed by atoms with van der Waals surface area (Å²) in [5, 5.41) is 7.75. The molecule has 4 aromatic rings. The van der Waals surface area contributed by atoms with E-state index in [0.717, 1.165) is 74.4 Å². The Morgan fingerprint density at radius 1 is 0.731 bits per heavy atom. The fraction of sp³-hybridized carbons (Fsp3) is 0.479. The maximum atomic E-state index is 14.1. The maximum Gasteiger partial charge on any atom is 0.426 e. The molecule has 3 fully saturated rings. The van der Waals surface area contributed by atoms with E-state index in [0.29, 0.717) is 58.0 Å². The van der Waals surface area contributed by atoms with Gasteiger partial charge in [-0.3, -0.25) is 18.8 Å². The Bertz CT molecular complexity index is 2560. The smallest absolute Gasteiger partial charge is 0.351 e. The van der Waals surface area contributed by atoms with Crippen LogP contribution in [0.2, 0.25) is 0 Å². The fourth-order valence-electron chi connectivity index (χ4n) is 9.78. The van der Waals surface area contributed by atoms with Crippen molar-refractivity contribution < 1.29 is 45.2 Å². The number of piperazine rings is 1. The normalized spacial score (nSPS) is 18.9. The van der Waals surface area contributed by atoms with E-state index in [9.17, 15) is 31.2 Å². The molecule has 19 heteroatoms. The molecule has 4 heterocycles. The SMILES string of the molecule is CCc1ccc(CC(NC(=O)ON2CCC(N3CCc4ccccc4NC3=O)CC2)C(=O)N2CCN(C3CCN(C)CC3)CC2)cc1CC.O=S(=O)(O)c1cccc2c(S(=O)(=O)O)cccc12. The molecule has 0 saturated carbocycles. The summed E-state index contributed by atoms with van der Waals surface area (Å²) in [6, 6.07) is 21.8. The average Bonchev–Trinajstić information content (AvgIpc) is 3.48. The zero-order valence-electron chi connectivity index (χ0n) is 38.5. The first-order valence-electron chi connectivity index (χ1n) is 23.2. The standard InChI is InChI=1S/C38H55N7O4.C10H8O6S2/c1-4-29-11-10-28(26-30(29)5-2)27-35(36(46)43-24-22-42(23-25-43)32-13-17-41(3)18-14-32)40-38(48)49-44-19-15-33(16-20-44)45-21-12-31-8-6-7-9-34(31)39-37(45)47;11-17(12,13)9-5-1-3-7-8(9)4-2-6-10(7)18(14,15)16/h6-11,26,32-33,35H,4-5,12-25,27H2,1-3H3,(H,39,47)(H,40,48);1-6H,(H,11,12,13)(H,14,15,16). The molecule has 0 bridgehead atoms. The molecule has 4 amide bonds. The first kappa shape index (κ1) is 49.7. The largest absolute Gasteiger partial charge is 0.426 e. The second-order valence-corrected chi connectivity index (χ2v) is 20.5. The average molecular weight is 962 g/mol. The highest BCUT2D eigenvalue weighted by Crippen LogP contribution is 2.29. The number of hydrogen-bond acceptors (Lipinski definition) is 11. The van der Waals surface area contributed by atoms with Crippen LogP contribution in [0.1, 0.15) is 61.8 Å². The number of carbonyl (C=O) groups excluding carboxylic acids is 3. The number of urea groups is 1. The lowest BCUT2D eigenvalue weighted by molar-refractivity contribution is -0.138. The summed E-state index contributed by atoms with van der Waals surface area (Å²) < 4.78 is 62.7. The van der Waals surface area contributed by atoms with Crippen LogP contribution in [0.15, 0.2) is 88.7 Å². The van der Waals surface area contributed by atoms with Crippen LogP contribution in [-0.4, -0.2) is 153 Å². The molecule has 8 rings (SSSR count). The van der Waals surface area contributed by atoms with Crippen molar-refractivity contribution in [3.8, 4) is 0 Å². The predicted octanol–water partition coefficient (Wildman–Crippen LogP) is 5.49. The zero-order valence-corrected chi connectivity index (χ0v) is 40.1. The summed E-state index contributed by atoms with van der Waals surface area (Å²) in [6.07, 6.45) is 6.23. The van der Waals surface area contributed by atoms with Crippen molar-refractivity contribution in [2.24, 2.45) is 0 Å². The van der Waals surface area contributed by atoms with Gasteiger partial charge >= 0.3 is 12.1 Å². The van der Waals surface area contributed by atoms with E-state index in [1.807, 2.05) is 28.0 Å². The van der Waals surface area contributed by atoms with Crippen molar-refractivity contribution in [3.05, 3.63) is 101 Å². The number of rotatable bonds is 11. The highest BCUT2D eigenvalue weighted by atomic mass is 32.2. The summed E-state index contributed by atoms with van der Waals surface area (Å²) in [7, 11) is -6.75. The summed E-state index contributed by atoms with van der Waals surface area (Å²) in [5.41, 5.74) is 5.66. The van der Waals surface area contributed by atoms with Gasteiger partial charge in [-0.1, -0.05) is 74.5 Å². The first-order valence-corrected chi connectivity index (χ1v) is 26.1. The number of hydroxylamine groups is 2. The van der Waals surface area contributed by atoms with E-state index in [-0.39, 0.29) is 28.8 Å². The number of benzene rings is 4. The maximum absolute atomic E-state index is 14.1. The Morgan fingerprint density at radius 3 is 1.93 bits per heavy atom. The van der Waals surface area contributed by atoms with Gasteiger partial charge < -0.3 is 30.2 Å². The zero-order chi connectivity index (χ0) is 47.9. The highest BCUT2D eigenvalue weighted by Gasteiger charge is 2.35. The Hall–Kier alpha value is -5.15. The lowest BCUT2D eigenvalue weighted by atomic mass is 9.96. The van der Waals surface area contributed by atoms with E-state index >= 15 is 0 Å². The second-order valence-electron chi connectivity index (χ2n) is 17.7. The summed E-state index contributed by atoms with van der Waals surface area (Å²) in [5.74, 6) is -0.0514. The Labute approximate surface area is 393 Å². The molecule has 0 aromatic heterocycles. The third kappa shape index (κ3) is 12.5. The van der Waals surface area contributed by atoms with Crippen molar-refractivity contribution in [2.45, 2.75) is 93.1 Å². The van der Waals surface area contributed by atoms with Crippen molar-refractivity contribution >= 4 is 54.7 Å². The van der Waals surface area contributed by atoms with Crippen molar-refractivity contribution in [2.75, 3.05) is 71.3 Å². The quantitative estimate of drug-likeness (QED) is 0.137. The first-order chi connectivity index (χ1) is 32.0. The van der Waals surface area contributed by atoms with Gasteiger partial charge in [-0.25, -0.2) is 9.59 Å². The van der Waals surface area contributed by atoms with E-state index in [1.165, 1.54) is 48.2 Å². The molecule has 17 nitrogen and oxygen atoms in total. The van der Waals surface area contributed by atoms with Gasteiger partial charge in [0.15, 0.2) is 0 Å². The predicted molar refractivity (Wildman–Crippen MR) is 255 cm³/mol. The van der Waals surface area contributed by atoms with Crippen LogP contribution >= 0.6 is 0 Å². The number of amides is 4. The van der Waals surface area contributed by atoms with Gasteiger partial charge in [0.05, 0.1) is 0 Å². The van der Waals surface area contributed by atoms with Crippen LogP contribution in [0, 0.1) is 0 Å². The highest BCUT2D eigenvalue weighted by molar-refractivity contribution is 7.86. The van der Waals surface area contributed by atoms with Crippen LogP contribution in [0.5, 0.6) is 0 Å². The fourth-order valence-corrected chi connectivity index (χ4v) is 11.2. The number of nitrogens with one attached hydrogen (secondary N) is 2. The molecule has 67 heavy (non-hydrogen) atoms. The van der Waals surface area contributed by atoms with Gasteiger partial charge in [-0.15, -0.1) is 5.06 Å². The molecule has 0 aliphatic carbocycles. The van der Waals surface area contributed by atoms with E-state index in [2.05, 4.69) is 65.6 Å². The molecule has 4 aliphatic heterocycles. The van der Waals surface area contributed by atoms with Crippen molar-refractivity contribution in [1.29, 1.82) is 0 Å². The van der Waals surface area contributed by atoms with Crippen LogP contribution in [-0.2, 0) is 55.6 Å². The van der Waals surface area contributed by atoms with Gasteiger partial charge in [-0.05, 0) is 106 Å².